The molecule has 1 saturated heterocycles. The lowest BCUT2D eigenvalue weighted by atomic mass is 10.1. The van der Waals surface area contributed by atoms with Crippen molar-refractivity contribution in [2.24, 2.45) is 5.92 Å². The molecule has 0 aromatic heterocycles. The Balaban J connectivity index is 1.47. The number of benzene rings is 2. The van der Waals surface area contributed by atoms with Crippen LogP contribution in [0.4, 0.5) is 0 Å². The summed E-state index contributed by atoms with van der Waals surface area (Å²) in [6.45, 7) is 8.66. The zero-order valence-electron chi connectivity index (χ0n) is 19.5. The van der Waals surface area contributed by atoms with Crippen molar-refractivity contribution in [3.63, 3.8) is 0 Å². The second kappa shape index (κ2) is 9.75. The maximum absolute atomic E-state index is 13.3. The molecule has 7 heteroatoms. The molecular formula is C26H31N3O4. The fourth-order valence-electron chi connectivity index (χ4n) is 4.37. The van der Waals surface area contributed by atoms with E-state index in [1.54, 1.807) is 49.6 Å². The van der Waals surface area contributed by atoms with Gasteiger partial charge in [0.2, 0.25) is 0 Å². The number of carbonyl (C=O) groups is 3. The van der Waals surface area contributed by atoms with Gasteiger partial charge in [0.1, 0.15) is 5.75 Å². The zero-order valence-corrected chi connectivity index (χ0v) is 19.5. The number of piperazine rings is 1. The van der Waals surface area contributed by atoms with E-state index in [0.717, 1.165) is 26.1 Å². The number of hydrogen-bond acceptors (Lipinski definition) is 5. The molecule has 0 radical (unpaired) electrons. The van der Waals surface area contributed by atoms with E-state index in [-0.39, 0.29) is 24.3 Å². The predicted octanol–water partition coefficient (Wildman–Crippen LogP) is 3.30. The summed E-state index contributed by atoms with van der Waals surface area (Å²) in [5.41, 5.74) is 2.01. The predicted molar refractivity (Wildman–Crippen MR) is 125 cm³/mol. The third kappa shape index (κ3) is 4.78. The fourth-order valence-corrected chi connectivity index (χ4v) is 4.37. The monoisotopic (exact) mass is 449 g/mol. The van der Waals surface area contributed by atoms with E-state index in [4.69, 9.17) is 4.74 Å². The summed E-state index contributed by atoms with van der Waals surface area (Å²) in [5, 5.41) is 0. The zero-order chi connectivity index (χ0) is 23.5. The second-order valence-corrected chi connectivity index (χ2v) is 9.09. The minimum Gasteiger partial charge on any atom is -0.496 e. The number of fused-ring (bicyclic) bond motifs is 1. The summed E-state index contributed by atoms with van der Waals surface area (Å²) in [5.74, 6) is 0.459. The highest BCUT2D eigenvalue weighted by atomic mass is 16.5. The lowest BCUT2D eigenvalue weighted by Gasteiger charge is -2.35. The fraction of sp³-hybridized carbons (Fsp3) is 0.423. The van der Waals surface area contributed by atoms with Crippen LogP contribution in [0, 0.1) is 5.92 Å². The molecule has 2 aliphatic rings. The molecule has 2 aliphatic heterocycles. The van der Waals surface area contributed by atoms with Crippen molar-refractivity contribution in [2.45, 2.75) is 26.8 Å². The van der Waals surface area contributed by atoms with Gasteiger partial charge in [-0.3, -0.25) is 24.2 Å². The van der Waals surface area contributed by atoms with Crippen LogP contribution < -0.4 is 4.74 Å². The summed E-state index contributed by atoms with van der Waals surface area (Å²) < 4.78 is 5.46. The van der Waals surface area contributed by atoms with Crippen molar-refractivity contribution in [2.75, 3.05) is 39.8 Å². The van der Waals surface area contributed by atoms with Crippen molar-refractivity contribution >= 4 is 17.7 Å². The van der Waals surface area contributed by atoms with Gasteiger partial charge in [-0.2, -0.15) is 0 Å². The molecule has 3 amide bonds. The Labute approximate surface area is 194 Å². The van der Waals surface area contributed by atoms with Crippen molar-refractivity contribution in [3.05, 3.63) is 64.7 Å². The first-order chi connectivity index (χ1) is 15.9. The molecular weight excluding hydrogens is 418 g/mol. The van der Waals surface area contributed by atoms with Crippen molar-refractivity contribution in [1.82, 2.24) is 14.7 Å². The van der Waals surface area contributed by atoms with Crippen molar-refractivity contribution < 1.29 is 19.1 Å². The Morgan fingerprint density at radius 3 is 2.18 bits per heavy atom. The molecule has 7 nitrogen and oxygen atoms in total. The highest BCUT2D eigenvalue weighted by Crippen LogP contribution is 2.27. The van der Waals surface area contributed by atoms with Crippen LogP contribution in [0.15, 0.2) is 42.5 Å². The lowest BCUT2D eigenvalue weighted by molar-refractivity contribution is 0.0627. The van der Waals surface area contributed by atoms with Crippen LogP contribution >= 0.6 is 0 Å². The average molecular weight is 450 g/mol. The van der Waals surface area contributed by atoms with E-state index < -0.39 is 0 Å². The number of methoxy groups -OCH3 is 1. The van der Waals surface area contributed by atoms with Crippen LogP contribution in [0.5, 0.6) is 5.75 Å². The highest BCUT2D eigenvalue weighted by molar-refractivity contribution is 6.21. The Morgan fingerprint density at radius 1 is 0.970 bits per heavy atom. The second-order valence-electron chi connectivity index (χ2n) is 9.09. The molecule has 0 spiro atoms. The first-order valence-corrected chi connectivity index (χ1v) is 11.5. The molecule has 0 unspecified atom stereocenters. The van der Waals surface area contributed by atoms with E-state index in [1.165, 1.54) is 4.90 Å². The van der Waals surface area contributed by atoms with Gasteiger partial charge in [0.15, 0.2) is 0 Å². The number of hydrogen-bond donors (Lipinski definition) is 0. The van der Waals surface area contributed by atoms with Gasteiger partial charge in [-0.15, -0.1) is 0 Å². The summed E-state index contributed by atoms with van der Waals surface area (Å²) in [6, 6.07) is 12.1. The molecule has 0 saturated carbocycles. The number of carbonyl (C=O) groups excluding carboxylic acids is 3. The minimum absolute atomic E-state index is 0.0837. The van der Waals surface area contributed by atoms with Crippen LogP contribution in [-0.4, -0.2) is 72.3 Å². The molecule has 1 fully saturated rings. The number of imide groups is 1. The van der Waals surface area contributed by atoms with Crippen LogP contribution in [0.2, 0.25) is 0 Å². The van der Waals surface area contributed by atoms with Crippen LogP contribution in [-0.2, 0) is 6.54 Å². The molecule has 174 valence electrons. The third-order valence-corrected chi connectivity index (χ3v) is 6.40. The maximum atomic E-state index is 13.3. The van der Waals surface area contributed by atoms with E-state index in [1.807, 2.05) is 4.90 Å². The molecule has 0 bridgehead atoms. The standard InChI is InChI=1S/C26H31N3O4/c1-18(2)10-11-27-12-14-28(15-13-27)24(30)22-16-19(8-9-23(22)33-3)17-29-25(31)20-6-4-5-7-21(20)26(29)32/h4-9,16,18H,10-15,17H2,1-3H3. The molecule has 0 N–H and O–H groups in total. The molecule has 2 aromatic carbocycles. The third-order valence-electron chi connectivity index (χ3n) is 6.40. The first-order valence-electron chi connectivity index (χ1n) is 11.5. The Bertz CT molecular complexity index is 1020. The molecule has 33 heavy (non-hydrogen) atoms. The van der Waals surface area contributed by atoms with E-state index in [2.05, 4.69) is 18.7 Å². The van der Waals surface area contributed by atoms with Gasteiger partial charge >= 0.3 is 0 Å². The maximum Gasteiger partial charge on any atom is 0.261 e. The minimum atomic E-state index is -0.309. The van der Waals surface area contributed by atoms with E-state index >= 15 is 0 Å². The molecule has 0 atom stereocenters. The quantitative estimate of drug-likeness (QED) is 0.607. The summed E-state index contributed by atoms with van der Waals surface area (Å²) >= 11 is 0. The Kier molecular flexibility index (Phi) is 6.79. The molecule has 2 heterocycles. The van der Waals surface area contributed by atoms with E-state index in [9.17, 15) is 14.4 Å². The normalized spacial score (nSPS) is 16.5. The topological polar surface area (TPSA) is 70.2 Å². The molecule has 2 aromatic rings. The molecule has 0 aliphatic carbocycles. The summed E-state index contributed by atoms with van der Waals surface area (Å²) in [6.07, 6.45) is 1.15. The van der Waals surface area contributed by atoms with E-state index in [0.29, 0.717) is 47.0 Å². The Morgan fingerprint density at radius 2 is 1.61 bits per heavy atom. The van der Waals surface area contributed by atoms with Gasteiger partial charge < -0.3 is 9.64 Å². The lowest BCUT2D eigenvalue weighted by Crippen LogP contribution is -2.49. The van der Waals surface area contributed by atoms with Crippen LogP contribution in [0.3, 0.4) is 0 Å². The Hall–Kier alpha value is -3.19. The van der Waals surface area contributed by atoms with Crippen LogP contribution in [0.25, 0.3) is 0 Å². The van der Waals surface area contributed by atoms with Gasteiger partial charge in [-0.05, 0) is 48.7 Å². The largest absolute Gasteiger partial charge is 0.496 e. The summed E-state index contributed by atoms with van der Waals surface area (Å²) in [4.78, 5) is 44.3. The van der Waals surface area contributed by atoms with Crippen LogP contribution in [0.1, 0.15) is 56.9 Å². The van der Waals surface area contributed by atoms with Gasteiger partial charge in [-0.25, -0.2) is 0 Å². The number of rotatable bonds is 7. The number of amides is 3. The first kappa shape index (κ1) is 23.0. The van der Waals surface area contributed by atoms with Gasteiger partial charge in [0.25, 0.3) is 17.7 Å². The van der Waals surface area contributed by atoms with Gasteiger partial charge in [-0.1, -0.05) is 32.0 Å². The average Bonchev–Trinajstić information content (AvgIpc) is 3.07. The summed E-state index contributed by atoms with van der Waals surface area (Å²) in [7, 11) is 1.54. The highest BCUT2D eigenvalue weighted by Gasteiger charge is 2.35. The SMILES string of the molecule is COc1ccc(CN2C(=O)c3ccccc3C2=O)cc1C(=O)N1CCN(CCC(C)C)CC1. The van der Waals surface area contributed by atoms with Crippen molar-refractivity contribution in [3.8, 4) is 5.75 Å². The molecule has 4 rings (SSSR count). The van der Waals surface area contributed by atoms with Gasteiger partial charge in [0, 0.05) is 26.2 Å². The van der Waals surface area contributed by atoms with Gasteiger partial charge in [0.05, 0.1) is 30.3 Å². The number of nitrogens with zero attached hydrogens (tertiary/aromatic N) is 3. The number of ether oxygens (including phenoxy) is 1. The smallest absolute Gasteiger partial charge is 0.261 e. The van der Waals surface area contributed by atoms with Crippen molar-refractivity contribution in [1.29, 1.82) is 0 Å².